The summed E-state index contributed by atoms with van der Waals surface area (Å²) in [5.74, 6) is -0.445. The van der Waals surface area contributed by atoms with Crippen LogP contribution in [0.4, 0.5) is 4.39 Å². The van der Waals surface area contributed by atoms with E-state index in [9.17, 15) is 17.6 Å². The first-order chi connectivity index (χ1) is 12.9. The summed E-state index contributed by atoms with van der Waals surface area (Å²) in [4.78, 5) is 13.9. The van der Waals surface area contributed by atoms with Gasteiger partial charge >= 0.3 is 0 Å². The fourth-order valence-corrected chi connectivity index (χ4v) is 4.31. The molecular formula is C16H19FN4O4S2. The number of piperazine rings is 1. The third-order valence-corrected chi connectivity index (χ3v) is 6.63. The van der Waals surface area contributed by atoms with Crippen molar-refractivity contribution in [2.75, 3.05) is 38.5 Å². The van der Waals surface area contributed by atoms with Crippen molar-refractivity contribution in [2.24, 2.45) is 0 Å². The molecule has 0 saturated carbocycles. The standard InChI is InChI=1S/C16H19FN4O4S2/c1-2-27(23,24)21-8-6-20(7-9-21)14(22)11-25-16-15(18-26-19-16)12-4-3-5-13(17)10-12/h3-5,10H,2,6-9,11H2,1H3. The number of rotatable bonds is 6. The van der Waals surface area contributed by atoms with Gasteiger partial charge in [-0.1, -0.05) is 12.1 Å². The molecule has 0 radical (unpaired) electrons. The summed E-state index contributed by atoms with van der Waals surface area (Å²) >= 11 is 0.914. The topological polar surface area (TPSA) is 92.7 Å². The maximum absolute atomic E-state index is 13.4. The van der Waals surface area contributed by atoms with Gasteiger partial charge in [0.05, 0.1) is 17.5 Å². The number of carbonyl (C=O) groups excluding carboxylic acids is 1. The maximum Gasteiger partial charge on any atom is 0.260 e. The van der Waals surface area contributed by atoms with Gasteiger partial charge in [-0.2, -0.15) is 8.68 Å². The zero-order chi connectivity index (χ0) is 19.4. The Morgan fingerprint density at radius 3 is 2.67 bits per heavy atom. The Kier molecular flexibility index (Phi) is 6.02. The minimum Gasteiger partial charge on any atom is -0.465 e. The van der Waals surface area contributed by atoms with Gasteiger partial charge in [0.15, 0.2) is 6.61 Å². The van der Waals surface area contributed by atoms with E-state index in [1.54, 1.807) is 24.0 Å². The highest BCUT2D eigenvalue weighted by atomic mass is 32.2. The molecule has 0 aliphatic carbocycles. The Labute approximate surface area is 160 Å². The lowest BCUT2D eigenvalue weighted by molar-refractivity contribution is -0.134. The van der Waals surface area contributed by atoms with Gasteiger partial charge in [-0.05, 0) is 19.1 Å². The second-order valence-electron chi connectivity index (χ2n) is 5.90. The van der Waals surface area contributed by atoms with Crippen molar-refractivity contribution in [3.8, 4) is 17.1 Å². The van der Waals surface area contributed by atoms with Crippen LogP contribution in [0.2, 0.25) is 0 Å². The van der Waals surface area contributed by atoms with Crippen LogP contribution in [0.25, 0.3) is 11.3 Å². The van der Waals surface area contributed by atoms with Gasteiger partial charge in [0.25, 0.3) is 11.8 Å². The molecule has 0 N–H and O–H groups in total. The molecule has 11 heteroatoms. The fraction of sp³-hybridized carbons (Fsp3) is 0.438. The van der Waals surface area contributed by atoms with E-state index >= 15 is 0 Å². The number of sulfonamides is 1. The molecule has 1 amide bonds. The summed E-state index contributed by atoms with van der Waals surface area (Å²) < 4.78 is 52.1. The average molecular weight is 414 g/mol. The van der Waals surface area contributed by atoms with Crippen LogP contribution in [-0.2, 0) is 14.8 Å². The highest BCUT2D eigenvalue weighted by Crippen LogP contribution is 2.28. The van der Waals surface area contributed by atoms with Crippen LogP contribution < -0.4 is 4.74 Å². The van der Waals surface area contributed by atoms with Crippen molar-refractivity contribution < 1.29 is 22.3 Å². The monoisotopic (exact) mass is 414 g/mol. The van der Waals surface area contributed by atoms with Gasteiger partial charge in [-0.3, -0.25) is 4.79 Å². The molecule has 8 nitrogen and oxygen atoms in total. The Hall–Kier alpha value is -2.11. The molecular weight excluding hydrogens is 395 g/mol. The van der Waals surface area contributed by atoms with Gasteiger partial charge in [0.1, 0.15) is 11.5 Å². The lowest BCUT2D eigenvalue weighted by atomic mass is 10.1. The van der Waals surface area contributed by atoms with Crippen molar-refractivity contribution >= 4 is 27.7 Å². The minimum atomic E-state index is -3.24. The largest absolute Gasteiger partial charge is 0.465 e. The number of hydrogen-bond acceptors (Lipinski definition) is 7. The molecule has 1 aliphatic rings. The van der Waals surface area contributed by atoms with Gasteiger partial charge in [-0.15, -0.1) is 4.37 Å². The number of benzene rings is 1. The van der Waals surface area contributed by atoms with Crippen LogP contribution in [0.3, 0.4) is 0 Å². The van der Waals surface area contributed by atoms with E-state index in [0.717, 1.165) is 11.7 Å². The third kappa shape index (κ3) is 4.60. The van der Waals surface area contributed by atoms with Crippen molar-refractivity contribution in [2.45, 2.75) is 6.92 Å². The Bertz CT molecular complexity index is 911. The van der Waals surface area contributed by atoms with Gasteiger partial charge in [0, 0.05) is 31.7 Å². The number of ether oxygens (including phenoxy) is 1. The summed E-state index contributed by atoms with van der Waals surface area (Å²) in [7, 11) is -3.24. The maximum atomic E-state index is 13.4. The second kappa shape index (κ2) is 8.28. The molecule has 0 atom stereocenters. The highest BCUT2D eigenvalue weighted by molar-refractivity contribution is 7.89. The quantitative estimate of drug-likeness (QED) is 0.706. The molecule has 0 bridgehead atoms. The van der Waals surface area contributed by atoms with Crippen molar-refractivity contribution in [3.63, 3.8) is 0 Å². The molecule has 1 aromatic heterocycles. The summed E-state index contributed by atoms with van der Waals surface area (Å²) in [6.45, 7) is 2.53. The first-order valence-corrected chi connectivity index (χ1v) is 10.7. The number of halogens is 1. The number of carbonyl (C=O) groups is 1. The molecule has 2 aromatic rings. The normalized spacial score (nSPS) is 15.7. The van der Waals surface area contributed by atoms with E-state index < -0.39 is 15.8 Å². The lowest BCUT2D eigenvalue weighted by Gasteiger charge is -2.33. The Balaban J connectivity index is 1.58. The summed E-state index contributed by atoms with van der Waals surface area (Å²) in [6, 6.07) is 5.88. The number of hydrogen-bond donors (Lipinski definition) is 0. The zero-order valence-electron chi connectivity index (χ0n) is 14.7. The predicted octanol–water partition coefficient (Wildman–Crippen LogP) is 1.22. The minimum absolute atomic E-state index is 0.0454. The van der Waals surface area contributed by atoms with E-state index in [4.69, 9.17) is 4.74 Å². The van der Waals surface area contributed by atoms with Crippen LogP contribution in [0.5, 0.6) is 5.88 Å². The molecule has 1 aliphatic heterocycles. The Morgan fingerprint density at radius 2 is 2.00 bits per heavy atom. The van der Waals surface area contributed by atoms with Crippen molar-refractivity contribution in [1.82, 2.24) is 18.0 Å². The molecule has 0 spiro atoms. The van der Waals surface area contributed by atoms with Gasteiger partial charge < -0.3 is 9.64 Å². The zero-order valence-corrected chi connectivity index (χ0v) is 16.3. The molecule has 1 fully saturated rings. The SMILES string of the molecule is CCS(=O)(=O)N1CCN(C(=O)COc2nsnc2-c2cccc(F)c2)CC1. The van der Waals surface area contributed by atoms with Gasteiger partial charge in [0.2, 0.25) is 10.0 Å². The first kappa shape index (κ1) is 19.6. The molecule has 146 valence electrons. The van der Waals surface area contributed by atoms with Crippen molar-refractivity contribution in [1.29, 1.82) is 0 Å². The summed E-state index contributed by atoms with van der Waals surface area (Å²) in [5.41, 5.74) is 0.899. The predicted molar refractivity (Wildman–Crippen MR) is 98.4 cm³/mol. The van der Waals surface area contributed by atoms with Crippen molar-refractivity contribution in [3.05, 3.63) is 30.1 Å². The van der Waals surface area contributed by atoms with E-state index in [0.29, 0.717) is 24.3 Å². The Morgan fingerprint density at radius 1 is 1.26 bits per heavy atom. The average Bonchev–Trinajstić information content (AvgIpc) is 3.15. The summed E-state index contributed by atoms with van der Waals surface area (Å²) in [6.07, 6.45) is 0. The number of aromatic nitrogens is 2. The van der Waals surface area contributed by atoms with Crippen LogP contribution in [-0.4, -0.2) is 70.8 Å². The van der Waals surface area contributed by atoms with E-state index in [-0.39, 0.29) is 37.2 Å². The molecule has 0 unspecified atom stereocenters. The molecule has 3 rings (SSSR count). The second-order valence-corrected chi connectivity index (χ2v) is 8.68. The number of nitrogens with zero attached hydrogens (tertiary/aromatic N) is 4. The molecule has 1 aromatic carbocycles. The molecule has 1 saturated heterocycles. The van der Waals surface area contributed by atoms with Crippen LogP contribution in [0.1, 0.15) is 6.92 Å². The van der Waals surface area contributed by atoms with Gasteiger partial charge in [-0.25, -0.2) is 12.8 Å². The smallest absolute Gasteiger partial charge is 0.260 e. The van der Waals surface area contributed by atoms with Crippen LogP contribution >= 0.6 is 11.7 Å². The third-order valence-electron chi connectivity index (χ3n) is 4.24. The number of amides is 1. The van der Waals surface area contributed by atoms with E-state index in [2.05, 4.69) is 8.75 Å². The lowest BCUT2D eigenvalue weighted by Crippen LogP contribution is -2.51. The van der Waals surface area contributed by atoms with E-state index in [1.807, 2.05) is 0 Å². The van der Waals surface area contributed by atoms with Crippen LogP contribution in [0.15, 0.2) is 24.3 Å². The van der Waals surface area contributed by atoms with Crippen LogP contribution in [0, 0.1) is 5.82 Å². The summed E-state index contributed by atoms with van der Waals surface area (Å²) in [5, 5.41) is 0. The molecule has 2 heterocycles. The fourth-order valence-electron chi connectivity index (χ4n) is 2.71. The highest BCUT2D eigenvalue weighted by Gasteiger charge is 2.28. The van der Waals surface area contributed by atoms with E-state index in [1.165, 1.54) is 16.4 Å². The first-order valence-electron chi connectivity index (χ1n) is 8.37. The molecule has 27 heavy (non-hydrogen) atoms.